The molecule has 3 aliphatic rings. The third-order valence-corrected chi connectivity index (χ3v) is 11.1. The van der Waals surface area contributed by atoms with Crippen LogP contribution in [-0.2, 0) is 5.41 Å². The van der Waals surface area contributed by atoms with Gasteiger partial charge in [0.15, 0.2) is 11.5 Å². The first-order valence-electron chi connectivity index (χ1n) is 17.7. The van der Waals surface area contributed by atoms with Crippen molar-refractivity contribution in [1.29, 1.82) is 0 Å². The minimum absolute atomic E-state index is 0.0888. The van der Waals surface area contributed by atoms with Crippen molar-refractivity contribution < 1.29 is 20.1 Å². The lowest BCUT2D eigenvalue weighted by atomic mass is 9.67. The molecule has 0 saturated heterocycles. The van der Waals surface area contributed by atoms with Crippen molar-refractivity contribution in [2.45, 2.75) is 107 Å². The van der Waals surface area contributed by atoms with E-state index in [9.17, 15) is 15.3 Å². The van der Waals surface area contributed by atoms with Crippen molar-refractivity contribution in [3.05, 3.63) is 83.8 Å². The molecule has 0 radical (unpaired) electrons. The molecule has 2 heterocycles. The molecule has 1 saturated carbocycles. The van der Waals surface area contributed by atoms with E-state index in [0.717, 1.165) is 74.6 Å². The SMILES string of the molecule is CCC1C#CC2C=CC(c3ccc(O)c(OCCC(c4ccnc(N)c4)C4(c5ccc[n-]5)CCCC4)c3)CC(O)C2C(O)CCCC1. The van der Waals surface area contributed by atoms with Gasteiger partial charge in [-0.2, -0.15) is 11.9 Å². The number of ether oxygens (including phenoxy) is 1. The number of phenolic OH excluding ortho intramolecular Hbond substituents is 1. The van der Waals surface area contributed by atoms with Gasteiger partial charge in [0.1, 0.15) is 5.82 Å². The van der Waals surface area contributed by atoms with E-state index in [4.69, 9.17) is 15.5 Å². The van der Waals surface area contributed by atoms with E-state index < -0.39 is 12.2 Å². The van der Waals surface area contributed by atoms with Crippen LogP contribution in [0.5, 0.6) is 11.5 Å². The summed E-state index contributed by atoms with van der Waals surface area (Å²) in [6, 6.07) is 13.7. The van der Waals surface area contributed by atoms with Crippen molar-refractivity contribution in [2.75, 3.05) is 12.3 Å². The summed E-state index contributed by atoms with van der Waals surface area (Å²) in [5.41, 5.74) is 9.26. The molecular weight excluding hydrogens is 586 g/mol. The summed E-state index contributed by atoms with van der Waals surface area (Å²) < 4.78 is 6.36. The van der Waals surface area contributed by atoms with Gasteiger partial charge in [-0.05, 0) is 91.7 Å². The molecule has 0 spiro atoms. The van der Waals surface area contributed by atoms with Gasteiger partial charge in [0.05, 0.1) is 18.8 Å². The molecule has 3 aromatic rings. The Balaban J connectivity index is 1.22. The molecule has 0 aliphatic heterocycles. The molecule has 7 atom stereocenters. The number of fused-ring (bicyclic) bond motifs is 1. The molecule has 47 heavy (non-hydrogen) atoms. The molecule has 2 aromatic heterocycles. The number of aliphatic hydroxyl groups is 2. The number of nitrogens with zero attached hydrogens (tertiary/aromatic N) is 2. The number of aromatic nitrogens is 2. The first kappa shape index (κ1) is 33.2. The highest BCUT2D eigenvalue weighted by Gasteiger charge is 2.41. The van der Waals surface area contributed by atoms with Crippen molar-refractivity contribution in [3.63, 3.8) is 0 Å². The Morgan fingerprint density at radius 3 is 2.62 bits per heavy atom. The van der Waals surface area contributed by atoms with E-state index in [1.54, 1.807) is 12.3 Å². The summed E-state index contributed by atoms with van der Waals surface area (Å²) in [6.45, 7) is 2.58. The second-order valence-electron chi connectivity index (χ2n) is 14.0. The fraction of sp³-hybridized carbons (Fsp3) is 0.525. The average molecular weight is 637 g/mol. The van der Waals surface area contributed by atoms with E-state index in [0.29, 0.717) is 36.9 Å². The number of anilines is 1. The summed E-state index contributed by atoms with van der Waals surface area (Å²) in [7, 11) is 0. The topological polar surface area (TPSA) is 123 Å². The monoisotopic (exact) mass is 636 g/mol. The molecule has 5 N–H and O–H groups in total. The quantitative estimate of drug-likeness (QED) is 0.147. The van der Waals surface area contributed by atoms with Crippen LogP contribution in [0.2, 0.25) is 0 Å². The highest BCUT2D eigenvalue weighted by Crippen LogP contribution is 2.52. The maximum Gasteiger partial charge on any atom is 0.161 e. The number of aliphatic hydroxyl groups excluding tert-OH is 2. The second-order valence-corrected chi connectivity index (χ2v) is 14.0. The van der Waals surface area contributed by atoms with Gasteiger partial charge in [-0.15, -0.1) is 0 Å². The molecule has 7 nitrogen and oxygen atoms in total. The molecule has 6 rings (SSSR count). The van der Waals surface area contributed by atoms with E-state index in [1.807, 2.05) is 30.5 Å². The van der Waals surface area contributed by atoms with Crippen LogP contribution in [0.3, 0.4) is 0 Å². The van der Waals surface area contributed by atoms with Crippen LogP contribution in [0.1, 0.15) is 106 Å². The number of rotatable bonds is 9. The zero-order valence-corrected chi connectivity index (χ0v) is 27.6. The van der Waals surface area contributed by atoms with Crippen LogP contribution >= 0.6 is 0 Å². The fourth-order valence-electron chi connectivity index (χ4n) is 8.53. The number of hydrogen-bond acceptors (Lipinski definition) is 6. The molecule has 0 bridgehead atoms. The second kappa shape index (κ2) is 15.0. The highest BCUT2D eigenvalue weighted by molar-refractivity contribution is 5.44. The highest BCUT2D eigenvalue weighted by atomic mass is 16.5. The van der Waals surface area contributed by atoms with Crippen LogP contribution in [0.15, 0.2) is 67.0 Å². The molecule has 1 fully saturated rings. The standard InChI is InChI=1S/C40H50N3O4/c1-2-27-8-3-4-9-34(45)39-28(12-11-27)13-14-29(24-35(39)46)30-15-16-33(44)36(25-30)47-23-18-32(31-17-22-43-38(41)26-31)40(19-5-6-20-40)37-10-7-21-42-37/h7,10,13-17,21-22,25-29,32,34-35,39,44-46H,2-6,8-9,18-20,23-24H2,1H3,(H2,41,43)/q-1. The van der Waals surface area contributed by atoms with Gasteiger partial charge in [0.25, 0.3) is 0 Å². The number of allylic oxidation sites excluding steroid dienone is 2. The van der Waals surface area contributed by atoms with E-state index >= 15 is 0 Å². The van der Waals surface area contributed by atoms with Crippen LogP contribution < -0.4 is 15.5 Å². The summed E-state index contributed by atoms with van der Waals surface area (Å²) in [4.78, 5) is 9.02. The van der Waals surface area contributed by atoms with Crippen molar-refractivity contribution in [2.24, 2.45) is 17.8 Å². The van der Waals surface area contributed by atoms with Crippen LogP contribution in [0.4, 0.5) is 5.82 Å². The van der Waals surface area contributed by atoms with Gasteiger partial charge >= 0.3 is 0 Å². The van der Waals surface area contributed by atoms with Gasteiger partial charge in [0, 0.05) is 29.9 Å². The Labute approximate surface area is 279 Å². The predicted molar refractivity (Wildman–Crippen MR) is 185 cm³/mol. The summed E-state index contributed by atoms with van der Waals surface area (Å²) >= 11 is 0. The molecule has 3 aliphatic carbocycles. The fourth-order valence-corrected chi connectivity index (χ4v) is 8.53. The van der Waals surface area contributed by atoms with Crippen molar-refractivity contribution >= 4 is 5.82 Å². The Hall–Kier alpha value is -3.73. The third kappa shape index (κ3) is 7.40. The Morgan fingerprint density at radius 1 is 1.02 bits per heavy atom. The molecule has 250 valence electrons. The zero-order chi connectivity index (χ0) is 32.8. The van der Waals surface area contributed by atoms with E-state index in [1.165, 1.54) is 0 Å². The number of phenols is 1. The smallest absolute Gasteiger partial charge is 0.161 e. The van der Waals surface area contributed by atoms with Crippen LogP contribution in [0, 0.1) is 29.6 Å². The number of nitrogen functional groups attached to an aromatic ring is 1. The number of pyridine rings is 1. The maximum absolute atomic E-state index is 11.5. The predicted octanol–water partition coefficient (Wildman–Crippen LogP) is 6.99. The minimum Gasteiger partial charge on any atom is -0.667 e. The molecular formula is C40H50N3O4-. The number of nitrogens with two attached hydrogens (primary N) is 1. The normalized spacial score (nSPS) is 28.0. The Bertz CT molecular complexity index is 1550. The minimum atomic E-state index is -0.706. The van der Waals surface area contributed by atoms with Crippen molar-refractivity contribution in [1.82, 2.24) is 9.97 Å². The lowest BCUT2D eigenvalue weighted by Crippen LogP contribution is -2.36. The van der Waals surface area contributed by atoms with Crippen LogP contribution in [0.25, 0.3) is 0 Å². The zero-order valence-electron chi connectivity index (χ0n) is 27.6. The van der Waals surface area contributed by atoms with Gasteiger partial charge in [-0.25, -0.2) is 4.98 Å². The summed E-state index contributed by atoms with van der Waals surface area (Å²) in [5.74, 6) is 7.77. The van der Waals surface area contributed by atoms with E-state index in [-0.39, 0.29) is 34.8 Å². The first-order valence-corrected chi connectivity index (χ1v) is 17.7. The summed E-state index contributed by atoms with van der Waals surface area (Å²) in [5, 5.41) is 33.5. The Morgan fingerprint density at radius 2 is 1.85 bits per heavy atom. The first-order chi connectivity index (χ1) is 22.9. The number of aromatic hydroxyl groups is 1. The van der Waals surface area contributed by atoms with Gasteiger partial charge in [0.2, 0.25) is 0 Å². The lowest BCUT2D eigenvalue weighted by molar-refractivity contribution is -0.00705. The maximum atomic E-state index is 11.5. The number of benzene rings is 1. The lowest BCUT2D eigenvalue weighted by Gasteiger charge is -2.42. The molecule has 0 amide bonds. The van der Waals surface area contributed by atoms with Crippen molar-refractivity contribution in [3.8, 4) is 23.3 Å². The Kier molecular flexibility index (Phi) is 10.6. The molecule has 7 unspecified atom stereocenters. The molecule has 1 aromatic carbocycles. The molecule has 7 heteroatoms. The van der Waals surface area contributed by atoms with Gasteiger partial charge < -0.3 is 30.8 Å². The van der Waals surface area contributed by atoms with Gasteiger partial charge in [-0.3, -0.25) is 0 Å². The summed E-state index contributed by atoms with van der Waals surface area (Å²) in [6.07, 6.45) is 16.9. The third-order valence-electron chi connectivity index (χ3n) is 11.1. The van der Waals surface area contributed by atoms with E-state index in [2.05, 4.69) is 48.0 Å². The average Bonchev–Trinajstić information content (AvgIpc) is 3.76. The number of hydrogen-bond donors (Lipinski definition) is 4. The van der Waals surface area contributed by atoms with Crippen LogP contribution in [-0.4, -0.2) is 39.1 Å². The largest absolute Gasteiger partial charge is 0.667 e. The van der Waals surface area contributed by atoms with Gasteiger partial charge in [-0.1, -0.05) is 74.8 Å².